The van der Waals surface area contributed by atoms with Crippen LogP contribution in [0.4, 0.5) is 0 Å². The van der Waals surface area contributed by atoms with E-state index in [2.05, 4.69) is 56.1 Å². The van der Waals surface area contributed by atoms with Crippen molar-refractivity contribution in [2.24, 2.45) is 11.8 Å². The summed E-state index contributed by atoms with van der Waals surface area (Å²) in [6, 6.07) is 6.99. The first kappa shape index (κ1) is 15.0. The number of piperazine rings is 1. The van der Waals surface area contributed by atoms with Crippen LogP contribution in [0.25, 0.3) is 0 Å². The van der Waals surface area contributed by atoms with Crippen molar-refractivity contribution in [3.05, 3.63) is 29.6 Å². The average molecular weight is 287 g/mol. The van der Waals surface area contributed by atoms with E-state index in [-0.39, 0.29) is 0 Å². The van der Waals surface area contributed by atoms with Gasteiger partial charge in [0, 0.05) is 36.9 Å². The van der Waals surface area contributed by atoms with Gasteiger partial charge in [0.1, 0.15) is 0 Å². The Morgan fingerprint density at radius 2 is 2.14 bits per heavy atom. The fraction of sp³-hybridized carbons (Fsp3) is 0.722. The first-order valence-electron chi connectivity index (χ1n) is 8.39. The van der Waals surface area contributed by atoms with Crippen molar-refractivity contribution in [3.8, 4) is 0 Å². The Hall–Kier alpha value is -0.930. The highest BCUT2D eigenvalue weighted by Gasteiger charge is 2.46. The van der Waals surface area contributed by atoms with Crippen LogP contribution in [0.15, 0.2) is 18.2 Å². The van der Waals surface area contributed by atoms with Gasteiger partial charge in [0.2, 0.25) is 0 Å². The molecule has 0 spiro atoms. The summed E-state index contributed by atoms with van der Waals surface area (Å²) in [7, 11) is 0. The van der Waals surface area contributed by atoms with E-state index in [1.54, 1.807) is 0 Å². The molecule has 2 atom stereocenters. The number of nitrogens with one attached hydrogen (secondary N) is 1. The number of aryl methyl sites for hydroxylation is 1. The van der Waals surface area contributed by atoms with E-state index >= 15 is 0 Å². The third kappa shape index (κ3) is 3.29. The fourth-order valence-electron chi connectivity index (χ4n) is 3.78. The summed E-state index contributed by atoms with van der Waals surface area (Å²) in [5.41, 5.74) is 2.63. The second-order valence-corrected chi connectivity index (χ2v) is 7.56. The Morgan fingerprint density at radius 1 is 1.38 bits per heavy atom. The summed E-state index contributed by atoms with van der Waals surface area (Å²) in [4.78, 5) is 7.38. The van der Waals surface area contributed by atoms with Gasteiger partial charge in [0.25, 0.3) is 0 Å². The number of hydrogen-bond donors (Lipinski definition) is 1. The quantitative estimate of drug-likeness (QED) is 0.923. The van der Waals surface area contributed by atoms with Crippen molar-refractivity contribution in [1.82, 2.24) is 15.2 Å². The molecule has 1 aliphatic heterocycles. The Morgan fingerprint density at radius 3 is 2.76 bits per heavy atom. The smallest absolute Gasteiger partial charge is 0.0547 e. The Labute approximate surface area is 129 Å². The van der Waals surface area contributed by atoms with E-state index in [1.165, 1.54) is 18.5 Å². The van der Waals surface area contributed by atoms with Crippen LogP contribution >= 0.6 is 0 Å². The zero-order chi connectivity index (χ0) is 15.0. The predicted molar refractivity (Wildman–Crippen MR) is 87.1 cm³/mol. The average Bonchev–Trinajstić information content (AvgIpc) is 3.23. The molecule has 0 bridgehead atoms. The molecule has 1 aromatic rings. The first-order valence-corrected chi connectivity index (χ1v) is 8.39. The molecular weight excluding hydrogens is 258 g/mol. The number of hydrogen-bond acceptors (Lipinski definition) is 3. The Balaban J connectivity index is 1.77. The standard InChI is InChI=1S/C18H29N3/c1-13(2)17-10-19-18(4,15-8-9-15)12-21(17)11-16-7-5-6-14(3)20-16/h5-7,13,15,17,19H,8-12H2,1-4H3. The van der Waals surface area contributed by atoms with E-state index in [0.29, 0.717) is 17.5 Å². The van der Waals surface area contributed by atoms with Crippen LogP contribution in [0.1, 0.15) is 45.0 Å². The highest BCUT2D eigenvalue weighted by Crippen LogP contribution is 2.42. The van der Waals surface area contributed by atoms with E-state index in [4.69, 9.17) is 4.98 Å². The van der Waals surface area contributed by atoms with Gasteiger partial charge in [-0.15, -0.1) is 0 Å². The number of aromatic nitrogens is 1. The normalized spacial score (nSPS) is 30.8. The molecule has 0 radical (unpaired) electrons. The van der Waals surface area contributed by atoms with Gasteiger partial charge in [-0.25, -0.2) is 0 Å². The second-order valence-electron chi connectivity index (χ2n) is 7.56. The van der Waals surface area contributed by atoms with Gasteiger partial charge in [-0.3, -0.25) is 9.88 Å². The van der Waals surface area contributed by atoms with Crippen LogP contribution in [0.5, 0.6) is 0 Å². The largest absolute Gasteiger partial charge is 0.308 e. The SMILES string of the molecule is Cc1cccc(CN2CC(C)(C3CC3)NCC2C(C)C)n1. The van der Waals surface area contributed by atoms with Crippen LogP contribution in [-0.2, 0) is 6.54 Å². The molecule has 3 heteroatoms. The highest BCUT2D eigenvalue weighted by atomic mass is 15.3. The van der Waals surface area contributed by atoms with Gasteiger partial charge in [-0.05, 0) is 50.7 Å². The fourth-order valence-corrected chi connectivity index (χ4v) is 3.78. The van der Waals surface area contributed by atoms with Crippen molar-refractivity contribution in [1.29, 1.82) is 0 Å². The molecule has 2 fully saturated rings. The molecule has 0 aromatic carbocycles. The summed E-state index contributed by atoms with van der Waals surface area (Å²) in [6.07, 6.45) is 2.79. The third-order valence-corrected chi connectivity index (χ3v) is 5.27. The van der Waals surface area contributed by atoms with Crippen LogP contribution < -0.4 is 5.32 Å². The van der Waals surface area contributed by atoms with E-state index in [9.17, 15) is 0 Å². The molecule has 3 rings (SSSR count). The lowest BCUT2D eigenvalue weighted by atomic mass is 9.88. The lowest BCUT2D eigenvalue weighted by Crippen LogP contribution is -2.64. The Kier molecular flexibility index (Phi) is 4.06. The molecule has 2 aliphatic rings. The highest BCUT2D eigenvalue weighted by molar-refractivity contribution is 5.11. The molecule has 3 nitrogen and oxygen atoms in total. The zero-order valence-electron chi connectivity index (χ0n) is 13.9. The minimum absolute atomic E-state index is 0.301. The van der Waals surface area contributed by atoms with E-state index in [0.717, 1.165) is 31.2 Å². The van der Waals surface area contributed by atoms with Crippen molar-refractivity contribution in [2.75, 3.05) is 13.1 Å². The number of pyridine rings is 1. The molecule has 1 saturated carbocycles. The third-order valence-electron chi connectivity index (χ3n) is 5.27. The first-order chi connectivity index (χ1) is 9.98. The van der Waals surface area contributed by atoms with Crippen LogP contribution in [0.2, 0.25) is 0 Å². The van der Waals surface area contributed by atoms with Crippen molar-refractivity contribution < 1.29 is 0 Å². The lowest BCUT2D eigenvalue weighted by Gasteiger charge is -2.48. The van der Waals surface area contributed by atoms with Crippen LogP contribution in [0, 0.1) is 18.8 Å². The molecular formula is C18H29N3. The van der Waals surface area contributed by atoms with Crippen LogP contribution in [-0.4, -0.2) is 34.6 Å². The van der Waals surface area contributed by atoms with Crippen LogP contribution in [0.3, 0.4) is 0 Å². The zero-order valence-corrected chi connectivity index (χ0v) is 13.9. The molecule has 2 unspecified atom stereocenters. The van der Waals surface area contributed by atoms with Gasteiger partial charge >= 0.3 is 0 Å². The predicted octanol–water partition coefficient (Wildman–Crippen LogP) is 2.99. The number of rotatable bonds is 4. The van der Waals surface area contributed by atoms with Crippen molar-refractivity contribution >= 4 is 0 Å². The molecule has 0 amide bonds. The van der Waals surface area contributed by atoms with Gasteiger partial charge in [0.15, 0.2) is 0 Å². The maximum absolute atomic E-state index is 4.71. The topological polar surface area (TPSA) is 28.2 Å². The maximum Gasteiger partial charge on any atom is 0.0547 e. The van der Waals surface area contributed by atoms with Gasteiger partial charge in [-0.1, -0.05) is 19.9 Å². The summed E-state index contributed by atoms with van der Waals surface area (Å²) >= 11 is 0. The molecule has 1 saturated heterocycles. The Bertz CT molecular complexity index is 495. The minimum atomic E-state index is 0.301. The van der Waals surface area contributed by atoms with E-state index < -0.39 is 0 Å². The van der Waals surface area contributed by atoms with E-state index in [1.807, 2.05) is 0 Å². The molecule has 1 aromatic heterocycles. The second kappa shape index (κ2) is 5.69. The maximum atomic E-state index is 4.71. The van der Waals surface area contributed by atoms with Gasteiger partial charge in [-0.2, -0.15) is 0 Å². The minimum Gasteiger partial charge on any atom is -0.308 e. The lowest BCUT2D eigenvalue weighted by molar-refractivity contribution is 0.0453. The molecule has 2 heterocycles. The van der Waals surface area contributed by atoms with Gasteiger partial charge in [0.05, 0.1) is 5.69 Å². The summed E-state index contributed by atoms with van der Waals surface area (Å²) in [5, 5.41) is 3.85. The summed E-state index contributed by atoms with van der Waals surface area (Å²) in [6.45, 7) is 12.4. The van der Waals surface area contributed by atoms with Crippen molar-refractivity contribution in [3.63, 3.8) is 0 Å². The molecule has 1 N–H and O–H groups in total. The summed E-state index contributed by atoms with van der Waals surface area (Å²) in [5.74, 6) is 1.55. The van der Waals surface area contributed by atoms with Gasteiger partial charge < -0.3 is 5.32 Å². The monoisotopic (exact) mass is 287 g/mol. The molecule has 1 aliphatic carbocycles. The van der Waals surface area contributed by atoms with Crippen molar-refractivity contribution in [2.45, 2.75) is 58.7 Å². The summed E-state index contributed by atoms with van der Waals surface area (Å²) < 4.78 is 0. The molecule has 116 valence electrons. The number of nitrogens with zero attached hydrogens (tertiary/aromatic N) is 2. The molecule has 21 heavy (non-hydrogen) atoms.